The lowest BCUT2D eigenvalue weighted by Gasteiger charge is -2.05. The predicted octanol–water partition coefficient (Wildman–Crippen LogP) is 7.57. The van der Waals surface area contributed by atoms with Crippen LogP contribution >= 0.6 is 7.82 Å². The summed E-state index contributed by atoms with van der Waals surface area (Å²) in [5.41, 5.74) is 1.68. The minimum Gasteiger partial charge on any atom is -0.303 e. The number of carbonyl (C=O) groups is 1. The van der Waals surface area contributed by atoms with Crippen LogP contribution in [-0.4, -0.2) is 27.5 Å². The van der Waals surface area contributed by atoms with Crippen LogP contribution < -0.4 is 5.48 Å². The van der Waals surface area contributed by atoms with E-state index >= 15 is 0 Å². The molecule has 0 aromatic heterocycles. The third kappa shape index (κ3) is 29.5. The molecule has 0 saturated carbocycles. The summed E-state index contributed by atoms with van der Waals surface area (Å²) in [6, 6.07) is 0. The molecular weight excluding hydrogens is 441 g/mol. The van der Waals surface area contributed by atoms with Crippen LogP contribution in [0.15, 0.2) is 0 Å². The Morgan fingerprint density at radius 1 is 0.545 bits per heavy atom. The highest BCUT2D eigenvalue weighted by molar-refractivity contribution is 7.46. The lowest BCUT2D eigenvalue weighted by Crippen LogP contribution is -2.17. The molecule has 0 aromatic carbocycles. The van der Waals surface area contributed by atoms with Crippen LogP contribution in [-0.2, 0) is 13.9 Å². The van der Waals surface area contributed by atoms with E-state index in [1.807, 2.05) is 0 Å². The average molecular weight is 494 g/mol. The largest absolute Gasteiger partial charge is 0.469 e. The molecule has 198 valence electrons. The van der Waals surface area contributed by atoms with E-state index in [4.69, 9.17) is 15.0 Å². The number of phosphoric ester groups is 1. The highest BCUT2D eigenvalue weighted by atomic mass is 31.2. The van der Waals surface area contributed by atoms with Crippen LogP contribution in [0, 0.1) is 0 Å². The third-order valence-electron chi connectivity index (χ3n) is 6.18. The number of hydrogen-bond acceptors (Lipinski definition) is 4. The first-order valence-electron chi connectivity index (χ1n) is 13.6. The lowest BCUT2D eigenvalue weighted by atomic mass is 10.0. The number of amides is 1. The third-order valence-corrected chi connectivity index (χ3v) is 6.70. The molecule has 0 saturated heterocycles. The molecule has 0 aliphatic carbocycles. The molecule has 0 heterocycles. The fourth-order valence-corrected chi connectivity index (χ4v) is 4.53. The Morgan fingerprint density at radius 3 is 1.09 bits per heavy atom. The van der Waals surface area contributed by atoms with Crippen molar-refractivity contribution in [3.63, 3.8) is 0 Å². The summed E-state index contributed by atoms with van der Waals surface area (Å²) in [6.45, 7) is 0.155. The van der Waals surface area contributed by atoms with Gasteiger partial charge in [-0.3, -0.25) is 14.5 Å². The van der Waals surface area contributed by atoms with Gasteiger partial charge >= 0.3 is 7.82 Å². The van der Waals surface area contributed by atoms with Crippen LogP contribution in [0.5, 0.6) is 0 Å². The quantitative estimate of drug-likeness (QED) is 0.0427. The Labute approximate surface area is 202 Å². The topological polar surface area (TPSA) is 116 Å². The molecule has 0 rings (SSSR count). The van der Waals surface area contributed by atoms with E-state index in [1.165, 1.54) is 109 Å². The van der Waals surface area contributed by atoms with Crippen molar-refractivity contribution in [1.82, 2.24) is 5.48 Å². The minimum absolute atomic E-state index is 0.155. The van der Waals surface area contributed by atoms with Crippen molar-refractivity contribution >= 4 is 13.7 Å². The summed E-state index contributed by atoms with van der Waals surface area (Å²) in [5.74, 6) is -0.275. The molecule has 8 heteroatoms. The van der Waals surface area contributed by atoms with Crippen molar-refractivity contribution in [2.45, 2.75) is 148 Å². The number of rotatable bonds is 26. The van der Waals surface area contributed by atoms with Gasteiger partial charge < -0.3 is 9.79 Å². The Balaban J connectivity index is 3.06. The monoisotopic (exact) mass is 493 g/mol. The van der Waals surface area contributed by atoms with Gasteiger partial charge in [0.25, 0.3) is 0 Å². The number of nitrogens with one attached hydrogen (secondary N) is 1. The van der Waals surface area contributed by atoms with E-state index in [-0.39, 0.29) is 12.5 Å². The summed E-state index contributed by atoms with van der Waals surface area (Å²) < 4.78 is 15.0. The molecule has 0 fully saturated rings. The van der Waals surface area contributed by atoms with Crippen molar-refractivity contribution in [3.8, 4) is 0 Å². The Kier molecular flexibility index (Phi) is 24.3. The second-order valence-electron chi connectivity index (χ2n) is 9.39. The molecule has 0 radical (unpaired) electrons. The van der Waals surface area contributed by atoms with E-state index in [0.717, 1.165) is 32.1 Å². The van der Waals surface area contributed by atoms with Gasteiger partial charge in [-0.05, 0) is 12.8 Å². The van der Waals surface area contributed by atoms with Gasteiger partial charge in [-0.25, -0.2) is 10.0 Å². The number of unbranched alkanes of at least 4 members (excludes halogenated alkanes) is 21. The summed E-state index contributed by atoms with van der Waals surface area (Å²) in [7, 11) is -4.28. The summed E-state index contributed by atoms with van der Waals surface area (Å²) >= 11 is 0. The van der Waals surface area contributed by atoms with Gasteiger partial charge in [0.15, 0.2) is 0 Å². The van der Waals surface area contributed by atoms with Gasteiger partial charge in [-0.2, -0.15) is 0 Å². The molecule has 0 aromatic rings. The fraction of sp³-hybridized carbons (Fsp3) is 0.960. The maximum atomic E-state index is 10.9. The van der Waals surface area contributed by atoms with Gasteiger partial charge in [-0.1, -0.05) is 128 Å². The zero-order valence-electron chi connectivity index (χ0n) is 21.0. The van der Waals surface area contributed by atoms with Gasteiger partial charge in [-0.15, -0.1) is 0 Å². The molecule has 0 spiro atoms. The SMILES string of the molecule is O=C(CCCCCCCCCCCCCCCCCCCCCCCCOP(=O)(O)O)NO. The van der Waals surface area contributed by atoms with E-state index < -0.39 is 7.82 Å². The number of hydrogen-bond donors (Lipinski definition) is 4. The molecule has 1 amide bonds. The van der Waals surface area contributed by atoms with Gasteiger partial charge in [0.05, 0.1) is 6.61 Å². The highest BCUT2D eigenvalue weighted by Gasteiger charge is 2.12. The second kappa shape index (κ2) is 24.7. The fourth-order valence-electron chi connectivity index (χ4n) is 4.16. The van der Waals surface area contributed by atoms with Crippen molar-refractivity contribution in [2.24, 2.45) is 0 Å². The lowest BCUT2D eigenvalue weighted by molar-refractivity contribution is -0.129. The number of hydroxylamine groups is 1. The molecular formula is C25H52NO6P. The average Bonchev–Trinajstić information content (AvgIpc) is 2.78. The highest BCUT2D eigenvalue weighted by Crippen LogP contribution is 2.35. The first-order chi connectivity index (χ1) is 16.0. The standard InChI is InChI=1S/C25H52NO6P/c27-25(26-28)23-21-19-17-15-13-11-9-7-5-3-1-2-4-6-8-10-12-14-16-18-20-22-24-32-33(29,30)31/h28H,1-24H2,(H,26,27)(H2,29,30,31). The predicted molar refractivity (Wildman–Crippen MR) is 134 cm³/mol. The van der Waals surface area contributed by atoms with E-state index in [1.54, 1.807) is 5.48 Å². The second-order valence-corrected chi connectivity index (χ2v) is 10.6. The summed E-state index contributed by atoms with van der Waals surface area (Å²) in [6.07, 6.45) is 27.8. The normalized spacial score (nSPS) is 11.7. The number of carbonyl (C=O) groups excluding carboxylic acids is 1. The Bertz CT molecular complexity index is 472. The maximum absolute atomic E-state index is 10.9. The molecule has 0 aliphatic rings. The first-order valence-corrected chi connectivity index (χ1v) is 15.1. The molecule has 33 heavy (non-hydrogen) atoms. The zero-order valence-corrected chi connectivity index (χ0v) is 21.9. The smallest absolute Gasteiger partial charge is 0.303 e. The Hall–Kier alpha value is -0.460. The maximum Gasteiger partial charge on any atom is 0.469 e. The van der Waals surface area contributed by atoms with Gasteiger partial charge in [0.1, 0.15) is 0 Å². The van der Waals surface area contributed by atoms with Crippen molar-refractivity contribution in [1.29, 1.82) is 0 Å². The molecule has 0 bridgehead atoms. The van der Waals surface area contributed by atoms with E-state index in [9.17, 15) is 9.36 Å². The summed E-state index contributed by atoms with van der Waals surface area (Å²) in [4.78, 5) is 28.1. The molecule has 0 unspecified atom stereocenters. The van der Waals surface area contributed by atoms with Crippen LogP contribution in [0.4, 0.5) is 0 Å². The minimum atomic E-state index is -4.28. The number of phosphoric acid groups is 1. The van der Waals surface area contributed by atoms with E-state index in [2.05, 4.69) is 4.52 Å². The first kappa shape index (κ1) is 32.5. The van der Waals surface area contributed by atoms with Crippen molar-refractivity contribution in [3.05, 3.63) is 0 Å². The molecule has 0 atom stereocenters. The van der Waals surface area contributed by atoms with Crippen LogP contribution in [0.2, 0.25) is 0 Å². The van der Waals surface area contributed by atoms with E-state index in [0.29, 0.717) is 6.42 Å². The van der Waals surface area contributed by atoms with Crippen LogP contribution in [0.25, 0.3) is 0 Å². The van der Waals surface area contributed by atoms with Crippen LogP contribution in [0.1, 0.15) is 148 Å². The van der Waals surface area contributed by atoms with Crippen LogP contribution in [0.3, 0.4) is 0 Å². The molecule has 7 nitrogen and oxygen atoms in total. The summed E-state index contributed by atoms with van der Waals surface area (Å²) in [5, 5.41) is 8.42. The molecule has 0 aliphatic heterocycles. The van der Waals surface area contributed by atoms with Crippen molar-refractivity contribution in [2.75, 3.05) is 6.61 Å². The van der Waals surface area contributed by atoms with Crippen molar-refractivity contribution < 1.29 is 28.9 Å². The zero-order chi connectivity index (χ0) is 24.5. The van der Waals surface area contributed by atoms with Gasteiger partial charge in [0, 0.05) is 6.42 Å². The Morgan fingerprint density at radius 2 is 0.818 bits per heavy atom. The van der Waals surface area contributed by atoms with Gasteiger partial charge in [0.2, 0.25) is 5.91 Å². The molecule has 4 N–H and O–H groups in total.